The Kier molecular flexibility index (Phi) is 3.47. The fraction of sp³-hybridized carbons (Fsp3) is 0.667. The monoisotopic (exact) mass is 308 g/mol. The van der Waals surface area contributed by atoms with Crippen LogP contribution in [0.2, 0.25) is 0 Å². The normalized spacial score (nSPS) is 20.3. The Morgan fingerprint density at radius 3 is 2.42 bits per heavy atom. The van der Waals surface area contributed by atoms with Crippen molar-refractivity contribution in [1.82, 2.24) is 10.2 Å². The molecule has 0 aliphatic carbocycles. The largest absolute Gasteiger partial charge is 0.394 e. The van der Waals surface area contributed by atoms with Crippen LogP contribution in [0.5, 0.6) is 0 Å². The molecule has 0 radical (unpaired) electrons. The molecule has 1 aliphatic heterocycles. The number of rotatable bonds is 3. The average Bonchev–Trinajstić information content (AvgIpc) is 2.60. The molecular weight excluding hydrogens is 292 g/mol. The minimum absolute atomic E-state index is 0.0610. The number of hydrogen-bond donors (Lipinski definition) is 3. The van der Waals surface area contributed by atoms with Gasteiger partial charge in [0.25, 0.3) is 0 Å². The molecule has 19 heavy (non-hydrogen) atoms. The first-order valence-corrected chi connectivity index (χ1v) is 9.10. The molecule has 1 saturated heterocycles. The van der Waals surface area contributed by atoms with E-state index < -0.39 is 25.1 Å². The van der Waals surface area contributed by atoms with Gasteiger partial charge in [0.05, 0.1) is 28.1 Å². The molecule has 0 aromatic carbocycles. The van der Waals surface area contributed by atoms with Crippen LogP contribution in [0.1, 0.15) is 18.5 Å². The molecule has 1 aliphatic rings. The molecule has 108 valence electrons. The van der Waals surface area contributed by atoms with E-state index in [2.05, 4.69) is 14.9 Å². The van der Waals surface area contributed by atoms with Gasteiger partial charge in [-0.3, -0.25) is 9.82 Å². The average molecular weight is 308 g/mol. The summed E-state index contributed by atoms with van der Waals surface area (Å²) in [4.78, 5) is 0. The molecule has 2 heterocycles. The van der Waals surface area contributed by atoms with E-state index in [9.17, 15) is 16.8 Å². The van der Waals surface area contributed by atoms with Gasteiger partial charge in [-0.1, -0.05) is 0 Å². The van der Waals surface area contributed by atoms with Crippen LogP contribution in [-0.4, -0.2) is 43.8 Å². The molecule has 0 spiro atoms. The third kappa shape index (κ3) is 3.00. The van der Waals surface area contributed by atoms with Crippen LogP contribution < -0.4 is 10.5 Å². The minimum Gasteiger partial charge on any atom is -0.394 e. The lowest BCUT2D eigenvalue weighted by atomic mass is 10.2. The van der Waals surface area contributed by atoms with Crippen molar-refractivity contribution < 1.29 is 16.8 Å². The highest BCUT2D eigenvalue weighted by molar-refractivity contribution is 7.94. The summed E-state index contributed by atoms with van der Waals surface area (Å²) in [6.07, 6.45) is 0.196. The van der Waals surface area contributed by atoms with Crippen LogP contribution in [0.15, 0.2) is 0 Å². The van der Waals surface area contributed by atoms with Gasteiger partial charge < -0.3 is 5.73 Å². The molecule has 1 aromatic heterocycles. The Morgan fingerprint density at radius 2 is 1.95 bits per heavy atom. The Balaban J connectivity index is 2.14. The Bertz CT molecular complexity index is 663. The summed E-state index contributed by atoms with van der Waals surface area (Å²) in [7, 11) is -6.76. The maximum absolute atomic E-state index is 12.1. The summed E-state index contributed by atoms with van der Waals surface area (Å²) in [6, 6.07) is 0. The second-order valence-corrected chi connectivity index (χ2v) is 8.87. The maximum atomic E-state index is 12.1. The highest BCUT2D eigenvalue weighted by atomic mass is 32.2. The number of aromatic amines is 1. The molecule has 1 aromatic rings. The minimum atomic E-state index is -3.67. The predicted octanol–water partition coefficient (Wildman–Crippen LogP) is -0.381. The van der Waals surface area contributed by atoms with Gasteiger partial charge in [0.1, 0.15) is 9.84 Å². The zero-order valence-corrected chi connectivity index (χ0v) is 12.0. The van der Waals surface area contributed by atoms with Gasteiger partial charge in [-0.2, -0.15) is 5.10 Å². The lowest BCUT2D eigenvalue weighted by molar-refractivity contribution is 0.555. The number of H-pyrrole nitrogens is 1. The van der Waals surface area contributed by atoms with E-state index in [1.165, 1.54) is 0 Å². The van der Waals surface area contributed by atoms with E-state index in [-0.39, 0.29) is 35.9 Å². The molecule has 0 amide bonds. The quantitative estimate of drug-likeness (QED) is 0.696. The Morgan fingerprint density at radius 1 is 1.37 bits per heavy atom. The van der Waals surface area contributed by atoms with Crippen molar-refractivity contribution in [2.75, 3.05) is 22.0 Å². The third-order valence-electron chi connectivity index (χ3n) is 3.17. The fourth-order valence-corrected chi connectivity index (χ4v) is 5.15. The van der Waals surface area contributed by atoms with Crippen molar-refractivity contribution in [3.63, 3.8) is 0 Å². The summed E-state index contributed by atoms with van der Waals surface area (Å²) >= 11 is 0. The zero-order valence-electron chi connectivity index (χ0n) is 10.4. The van der Waals surface area contributed by atoms with Crippen molar-refractivity contribution in [3.8, 4) is 0 Å². The van der Waals surface area contributed by atoms with Gasteiger partial charge in [0.15, 0.2) is 5.82 Å². The number of nitrogens with one attached hydrogen (secondary N) is 2. The number of nitrogens with two attached hydrogens (primary N) is 1. The van der Waals surface area contributed by atoms with Crippen LogP contribution in [0.3, 0.4) is 0 Å². The lowest BCUT2D eigenvalue weighted by Crippen LogP contribution is -2.36. The smallest absolute Gasteiger partial charge is 0.236 e. The summed E-state index contributed by atoms with van der Waals surface area (Å²) in [5.74, 6) is -0.146. The number of nitrogen functional groups attached to an aromatic ring is 1. The maximum Gasteiger partial charge on any atom is 0.236 e. The Hall–Kier alpha value is -1.29. The molecule has 0 atom stereocenters. The highest BCUT2D eigenvalue weighted by Gasteiger charge is 2.33. The van der Waals surface area contributed by atoms with Crippen LogP contribution in [-0.2, 0) is 19.9 Å². The first-order chi connectivity index (χ1) is 8.71. The molecule has 0 unspecified atom stereocenters. The van der Waals surface area contributed by atoms with Crippen molar-refractivity contribution in [1.29, 1.82) is 0 Å². The molecule has 1 fully saturated rings. The summed E-state index contributed by atoms with van der Waals surface area (Å²) in [5.41, 5.74) is 6.48. The predicted molar refractivity (Wildman–Crippen MR) is 72.0 cm³/mol. The van der Waals surface area contributed by atoms with E-state index in [0.717, 1.165) is 0 Å². The second-order valence-electron chi connectivity index (χ2n) is 4.61. The van der Waals surface area contributed by atoms with Gasteiger partial charge in [-0.25, -0.2) is 16.8 Å². The summed E-state index contributed by atoms with van der Waals surface area (Å²) in [6.45, 7) is 1.67. The van der Waals surface area contributed by atoms with Crippen molar-refractivity contribution in [2.45, 2.75) is 25.0 Å². The fourth-order valence-electron chi connectivity index (χ4n) is 1.91. The number of sulfone groups is 1. The molecule has 2 rings (SSSR count). The topological polar surface area (TPSA) is 135 Å². The van der Waals surface area contributed by atoms with E-state index in [1.807, 2.05) is 0 Å². The van der Waals surface area contributed by atoms with Gasteiger partial charge in [0.2, 0.25) is 10.0 Å². The van der Waals surface area contributed by atoms with Gasteiger partial charge in [-0.15, -0.1) is 0 Å². The van der Waals surface area contributed by atoms with Gasteiger partial charge >= 0.3 is 0 Å². The van der Waals surface area contributed by atoms with E-state index in [4.69, 9.17) is 5.73 Å². The number of sulfonamides is 1. The van der Waals surface area contributed by atoms with Crippen LogP contribution in [0, 0.1) is 6.92 Å². The van der Waals surface area contributed by atoms with Crippen molar-refractivity contribution in [3.05, 3.63) is 5.69 Å². The molecule has 8 nitrogen and oxygen atoms in total. The Labute approximate surface area is 111 Å². The highest BCUT2D eigenvalue weighted by Crippen LogP contribution is 2.24. The van der Waals surface area contributed by atoms with Crippen LogP contribution in [0.4, 0.5) is 11.5 Å². The molecule has 10 heteroatoms. The molecule has 0 bridgehead atoms. The zero-order chi connectivity index (χ0) is 14.3. The molecule has 0 saturated carbocycles. The number of hydrogen-bond acceptors (Lipinski definition) is 6. The van der Waals surface area contributed by atoms with Gasteiger partial charge in [-0.05, 0) is 19.8 Å². The number of aryl methyl sites for hydroxylation is 1. The van der Waals surface area contributed by atoms with Crippen molar-refractivity contribution >= 4 is 31.4 Å². The second kappa shape index (κ2) is 4.67. The summed E-state index contributed by atoms with van der Waals surface area (Å²) in [5, 5.41) is 5.61. The number of nitrogens with zero attached hydrogens (tertiary/aromatic N) is 1. The number of aromatic nitrogens is 2. The van der Waals surface area contributed by atoms with E-state index >= 15 is 0 Å². The molecular formula is C9H16N4O4S2. The number of anilines is 2. The summed E-state index contributed by atoms with van der Waals surface area (Å²) < 4.78 is 49.1. The first kappa shape index (κ1) is 14.1. The van der Waals surface area contributed by atoms with E-state index in [0.29, 0.717) is 5.69 Å². The van der Waals surface area contributed by atoms with E-state index in [1.54, 1.807) is 6.92 Å². The van der Waals surface area contributed by atoms with Crippen LogP contribution >= 0.6 is 0 Å². The first-order valence-electron chi connectivity index (χ1n) is 5.74. The lowest BCUT2D eigenvalue weighted by Gasteiger charge is -2.22. The molecule has 4 N–H and O–H groups in total. The van der Waals surface area contributed by atoms with Gasteiger partial charge in [0, 0.05) is 0 Å². The van der Waals surface area contributed by atoms with Crippen LogP contribution in [0.25, 0.3) is 0 Å². The third-order valence-corrected chi connectivity index (χ3v) is 6.72. The van der Waals surface area contributed by atoms with Crippen molar-refractivity contribution in [2.24, 2.45) is 0 Å². The SMILES string of the molecule is Cc1[nH]nc(NS(=O)(=O)C2CCS(=O)(=O)CC2)c1N. The standard InChI is InChI=1S/C9H16N4O4S2/c1-6-8(10)9(12-11-6)13-19(16,17)7-2-4-18(14,15)5-3-7/h7H,2-5,10H2,1H3,(H2,11,12,13).